The smallest absolute Gasteiger partial charge is 0.366 e. The zero-order valence-corrected chi connectivity index (χ0v) is 17.2. The maximum absolute atomic E-state index is 12.7. The van der Waals surface area contributed by atoms with Crippen LogP contribution in [0, 0.1) is 0 Å². The lowest BCUT2D eigenvalue weighted by Gasteiger charge is -2.30. The van der Waals surface area contributed by atoms with Crippen molar-refractivity contribution in [2.45, 2.75) is 36.3 Å². The Morgan fingerprint density at radius 1 is 1.20 bits per heavy atom. The van der Waals surface area contributed by atoms with Gasteiger partial charge in [0.2, 0.25) is 0 Å². The molecule has 0 spiro atoms. The van der Waals surface area contributed by atoms with Crippen LogP contribution >= 0.6 is 0 Å². The second-order valence-electron chi connectivity index (χ2n) is 7.69. The van der Waals surface area contributed by atoms with Crippen molar-refractivity contribution in [3.05, 3.63) is 53.9 Å². The van der Waals surface area contributed by atoms with Crippen molar-refractivity contribution in [3.63, 3.8) is 0 Å². The van der Waals surface area contributed by atoms with E-state index in [9.17, 15) is 26.4 Å². The third-order valence-corrected chi connectivity index (χ3v) is 6.63. The quantitative estimate of drug-likeness (QED) is 0.765. The minimum atomic E-state index is -5.38. The molecule has 0 saturated carbocycles. The lowest BCUT2D eigenvalue weighted by molar-refractivity contribution is -0.0436. The Hall–Kier alpha value is -2.66. The number of carbonyl (C=O) groups is 1. The molecule has 0 unspecified atom stereocenters. The number of nitrogens with two attached hydrogens (primary N) is 1. The molecule has 7 nitrogen and oxygen atoms in total. The van der Waals surface area contributed by atoms with Gasteiger partial charge in [0.05, 0.1) is 17.1 Å². The first-order valence-electron chi connectivity index (χ1n) is 8.97. The molecule has 0 aliphatic carbocycles. The number of benzene rings is 1. The van der Waals surface area contributed by atoms with Gasteiger partial charge in [0.25, 0.3) is 15.7 Å². The van der Waals surface area contributed by atoms with Gasteiger partial charge in [-0.05, 0) is 49.7 Å². The summed E-state index contributed by atoms with van der Waals surface area (Å²) >= 11 is 0. The molecule has 1 aromatic heterocycles. The van der Waals surface area contributed by atoms with Crippen molar-refractivity contribution in [2.24, 2.45) is 5.73 Å². The Balaban J connectivity index is 1.81. The second-order valence-corrected chi connectivity index (χ2v) is 9.63. The molecule has 1 aromatic carbocycles. The average molecular weight is 442 g/mol. The summed E-state index contributed by atoms with van der Waals surface area (Å²) < 4.78 is 61.3. The third kappa shape index (κ3) is 4.12. The first-order chi connectivity index (χ1) is 13.8. The molecule has 11 heteroatoms. The van der Waals surface area contributed by atoms with Crippen LogP contribution in [0.1, 0.15) is 29.8 Å². The second kappa shape index (κ2) is 7.55. The molecule has 1 amide bonds. The fourth-order valence-electron chi connectivity index (χ4n) is 3.41. The van der Waals surface area contributed by atoms with Crippen LogP contribution in [0.4, 0.5) is 18.9 Å². The largest absolute Gasteiger partial charge is 0.501 e. The van der Waals surface area contributed by atoms with Crippen LogP contribution in [0.3, 0.4) is 0 Å². The summed E-state index contributed by atoms with van der Waals surface area (Å²) in [5.41, 5.74) is 1.39. The van der Waals surface area contributed by atoms with E-state index in [1.807, 2.05) is 18.7 Å². The molecular formula is C19H21F3N4O3S. The molecule has 3 rings (SSSR count). The van der Waals surface area contributed by atoms with E-state index >= 15 is 0 Å². The Bertz CT molecular complexity index is 1050. The highest BCUT2D eigenvalue weighted by atomic mass is 32.2. The standard InChI is InChI=1S/C19H21F3N4O3S/c1-18(2)11-25(12-26(18)10-13-7-8-24-9-16(13)17(23)27)14-3-5-15(6-4-14)30(28,29)19(20,21)22/h3-9H,10-12H2,1-2H3,(H2,23,27). The number of nitrogens with zero attached hydrogens (tertiary/aromatic N) is 3. The Morgan fingerprint density at radius 3 is 2.40 bits per heavy atom. The van der Waals surface area contributed by atoms with Crippen molar-refractivity contribution < 1.29 is 26.4 Å². The third-order valence-electron chi connectivity index (χ3n) is 5.13. The number of hydrogen-bond donors (Lipinski definition) is 1. The SMILES string of the molecule is CC1(C)CN(c2ccc(S(=O)(=O)C(F)(F)F)cc2)CN1Cc1ccncc1C(N)=O. The Labute approximate surface area is 172 Å². The van der Waals surface area contributed by atoms with E-state index in [4.69, 9.17) is 5.73 Å². The summed E-state index contributed by atoms with van der Waals surface area (Å²) in [7, 11) is -5.38. The first-order valence-corrected chi connectivity index (χ1v) is 10.5. The molecule has 162 valence electrons. The topological polar surface area (TPSA) is 96.6 Å². The van der Waals surface area contributed by atoms with Gasteiger partial charge in [-0.2, -0.15) is 13.2 Å². The number of halogens is 3. The van der Waals surface area contributed by atoms with E-state index < -0.39 is 26.1 Å². The number of hydrogen-bond acceptors (Lipinski definition) is 6. The minimum absolute atomic E-state index is 0.325. The summed E-state index contributed by atoms with van der Waals surface area (Å²) in [6.45, 7) is 5.40. The zero-order chi connectivity index (χ0) is 22.3. The minimum Gasteiger partial charge on any atom is -0.366 e. The van der Waals surface area contributed by atoms with E-state index in [-0.39, 0.29) is 5.54 Å². The van der Waals surface area contributed by atoms with E-state index in [1.165, 1.54) is 18.3 Å². The summed E-state index contributed by atoms with van der Waals surface area (Å²) in [6.07, 6.45) is 2.99. The van der Waals surface area contributed by atoms with Gasteiger partial charge in [-0.15, -0.1) is 0 Å². The van der Waals surface area contributed by atoms with Crippen molar-refractivity contribution in [3.8, 4) is 0 Å². The van der Waals surface area contributed by atoms with Crippen LogP contribution in [0.15, 0.2) is 47.6 Å². The lowest BCUT2D eigenvalue weighted by Crippen LogP contribution is -2.40. The number of amides is 1. The van der Waals surface area contributed by atoms with Crippen LogP contribution in [0.5, 0.6) is 0 Å². The van der Waals surface area contributed by atoms with E-state index in [2.05, 4.69) is 9.88 Å². The number of carbonyl (C=O) groups excluding carboxylic acids is 1. The van der Waals surface area contributed by atoms with Crippen molar-refractivity contribution in [1.29, 1.82) is 0 Å². The van der Waals surface area contributed by atoms with Crippen LogP contribution in [0.2, 0.25) is 0 Å². The molecule has 0 atom stereocenters. The van der Waals surface area contributed by atoms with Crippen LogP contribution < -0.4 is 10.6 Å². The van der Waals surface area contributed by atoms with E-state index in [1.54, 1.807) is 12.3 Å². The van der Waals surface area contributed by atoms with Crippen molar-refractivity contribution >= 4 is 21.4 Å². The molecule has 2 heterocycles. The van der Waals surface area contributed by atoms with Crippen LogP contribution in [0.25, 0.3) is 0 Å². The van der Waals surface area contributed by atoms with Gasteiger partial charge in [0.1, 0.15) is 0 Å². The van der Waals surface area contributed by atoms with Gasteiger partial charge in [0.15, 0.2) is 0 Å². The van der Waals surface area contributed by atoms with Gasteiger partial charge in [-0.25, -0.2) is 8.42 Å². The number of pyridine rings is 1. The monoisotopic (exact) mass is 442 g/mol. The first kappa shape index (κ1) is 22.0. The number of alkyl halides is 3. The number of primary amides is 1. The van der Waals surface area contributed by atoms with Crippen LogP contribution in [-0.4, -0.2) is 48.5 Å². The van der Waals surface area contributed by atoms with E-state index in [0.717, 1.165) is 17.7 Å². The molecule has 30 heavy (non-hydrogen) atoms. The van der Waals surface area contributed by atoms with Crippen molar-refractivity contribution in [1.82, 2.24) is 9.88 Å². The fraction of sp³-hybridized carbons (Fsp3) is 0.368. The maximum atomic E-state index is 12.7. The summed E-state index contributed by atoms with van der Waals surface area (Å²) in [4.78, 5) is 18.8. The number of anilines is 1. The molecule has 1 aliphatic heterocycles. The summed E-state index contributed by atoms with van der Waals surface area (Å²) in [6, 6.07) is 6.36. The fourth-order valence-corrected chi connectivity index (χ4v) is 4.17. The number of aromatic nitrogens is 1. The van der Waals surface area contributed by atoms with Gasteiger partial charge in [0, 0.05) is 36.7 Å². The summed E-state index contributed by atoms with van der Waals surface area (Å²) in [5.74, 6) is -0.576. The van der Waals surface area contributed by atoms with Gasteiger partial charge in [-0.3, -0.25) is 14.7 Å². The van der Waals surface area contributed by atoms with Gasteiger partial charge < -0.3 is 10.6 Å². The number of rotatable bonds is 5. The predicted octanol–water partition coefficient (Wildman–Crippen LogP) is 2.53. The zero-order valence-electron chi connectivity index (χ0n) is 16.3. The molecule has 2 aromatic rings. The number of sulfone groups is 1. The normalized spacial score (nSPS) is 17.3. The maximum Gasteiger partial charge on any atom is 0.501 e. The lowest BCUT2D eigenvalue weighted by atomic mass is 10.0. The average Bonchev–Trinajstić information content (AvgIpc) is 2.95. The molecule has 1 saturated heterocycles. The van der Waals surface area contributed by atoms with E-state index in [0.29, 0.717) is 31.0 Å². The molecular weight excluding hydrogens is 421 g/mol. The molecule has 1 fully saturated rings. The molecule has 0 radical (unpaired) electrons. The highest BCUT2D eigenvalue weighted by Gasteiger charge is 2.47. The highest BCUT2D eigenvalue weighted by molar-refractivity contribution is 7.92. The summed E-state index contributed by atoms with van der Waals surface area (Å²) in [5, 5.41) is 0. The molecule has 0 bridgehead atoms. The molecule has 1 aliphatic rings. The predicted molar refractivity (Wildman–Crippen MR) is 104 cm³/mol. The Kier molecular flexibility index (Phi) is 5.54. The highest BCUT2D eigenvalue weighted by Crippen LogP contribution is 2.34. The van der Waals surface area contributed by atoms with Crippen LogP contribution in [-0.2, 0) is 16.4 Å². The van der Waals surface area contributed by atoms with Gasteiger partial charge >= 0.3 is 5.51 Å². The van der Waals surface area contributed by atoms with Crippen molar-refractivity contribution in [2.75, 3.05) is 18.1 Å². The molecule has 2 N–H and O–H groups in total. The Morgan fingerprint density at radius 2 is 1.83 bits per heavy atom. The van der Waals surface area contributed by atoms with Gasteiger partial charge in [-0.1, -0.05) is 0 Å².